The van der Waals surface area contributed by atoms with Gasteiger partial charge in [0.25, 0.3) is 0 Å². The van der Waals surface area contributed by atoms with Gasteiger partial charge in [-0.05, 0) is 37.1 Å². The number of nitrogens with one attached hydrogen (secondary N) is 1. The molecule has 3 N–H and O–H groups in total. The number of rotatable bonds is 4. The number of methoxy groups -OCH3 is 1. The van der Waals surface area contributed by atoms with Gasteiger partial charge in [0.05, 0.1) is 18.0 Å². The van der Waals surface area contributed by atoms with Crippen LogP contribution in [0.1, 0.15) is 12.8 Å². The summed E-state index contributed by atoms with van der Waals surface area (Å²) in [4.78, 5) is 0.196. The first kappa shape index (κ1) is 13.8. The molecule has 0 aromatic heterocycles. The van der Waals surface area contributed by atoms with Crippen LogP contribution in [0.2, 0.25) is 0 Å². The van der Waals surface area contributed by atoms with E-state index in [0.717, 1.165) is 6.42 Å². The summed E-state index contributed by atoms with van der Waals surface area (Å²) >= 11 is 0. The monoisotopic (exact) mass is 283 g/mol. The van der Waals surface area contributed by atoms with Gasteiger partial charge >= 0.3 is 0 Å². The van der Waals surface area contributed by atoms with Crippen LogP contribution in [-0.4, -0.2) is 38.3 Å². The van der Waals surface area contributed by atoms with Gasteiger partial charge in [-0.25, -0.2) is 8.42 Å². The predicted molar refractivity (Wildman–Crippen MR) is 71.8 cm³/mol. The number of sulfonamides is 1. The van der Waals surface area contributed by atoms with Crippen molar-refractivity contribution in [1.29, 1.82) is 5.41 Å². The maximum Gasteiger partial charge on any atom is 0.243 e. The van der Waals surface area contributed by atoms with Crippen LogP contribution in [0, 0.1) is 5.41 Å². The van der Waals surface area contributed by atoms with Crippen LogP contribution in [0.4, 0.5) is 0 Å². The predicted octanol–water partition coefficient (Wildman–Crippen LogP) is 0.784. The summed E-state index contributed by atoms with van der Waals surface area (Å²) in [6.07, 6.45) is 1.32. The zero-order chi connectivity index (χ0) is 14.0. The molecule has 1 aromatic carbocycles. The second-order valence-corrected chi connectivity index (χ2v) is 6.30. The third kappa shape index (κ3) is 2.57. The molecule has 1 aliphatic heterocycles. The van der Waals surface area contributed by atoms with Crippen molar-refractivity contribution in [3.05, 3.63) is 24.3 Å². The van der Waals surface area contributed by atoms with Crippen molar-refractivity contribution in [2.45, 2.75) is 23.8 Å². The Balaban J connectivity index is 2.33. The number of hydrogen-bond donors (Lipinski definition) is 2. The minimum absolute atomic E-state index is 0.102. The lowest BCUT2D eigenvalue weighted by Crippen LogP contribution is -2.43. The van der Waals surface area contributed by atoms with E-state index in [9.17, 15) is 8.42 Å². The lowest BCUT2D eigenvalue weighted by Gasteiger charge is -2.23. The molecule has 0 amide bonds. The largest absolute Gasteiger partial charge is 0.497 e. The van der Waals surface area contributed by atoms with E-state index in [1.807, 2.05) is 0 Å². The molecule has 6 nitrogen and oxygen atoms in total. The van der Waals surface area contributed by atoms with Crippen LogP contribution in [0.5, 0.6) is 5.75 Å². The first-order valence-electron chi connectivity index (χ1n) is 5.96. The molecule has 0 radical (unpaired) electrons. The molecular formula is C12H17N3O3S. The summed E-state index contributed by atoms with van der Waals surface area (Å²) in [7, 11) is -2.08. The second-order valence-electron chi connectivity index (χ2n) is 4.40. The SMILES string of the molecule is COc1ccc(S(=O)(=O)N2CCCC2C(=N)N)cc1. The zero-order valence-corrected chi connectivity index (χ0v) is 11.5. The maximum atomic E-state index is 12.5. The smallest absolute Gasteiger partial charge is 0.243 e. The quantitative estimate of drug-likeness (QED) is 0.630. The van der Waals surface area contributed by atoms with E-state index in [2.05, 4.69) is 0 Å². The molecule has 0 saturated carbocycles. The summed E-state index contributed by atoms with van der Waals surface area (Å²) in [6.45, 7) is 0.401. The van der Waals surface area contributed by atoms with Gasteiger partial charge in [-0.15, -0.1) is 0 Å². The van der Waals surface area contributed by atoms with Crippen molar-refractivity contribution in [2.75, 3.05) is 13.7 Å². The van der Waals surface area contributed by atoms with Gasteiger partial charge in [-0.2, -0.15) is 4.31 Å². The molecule has 1 aliphatic rings. The molecule has 1 atom stereocenters. The van der Waals surface area contributed by atoms with Crippen LogP contribution in [0.15, 0.2) is 29.2 Å². The van der Waals surface area contributed by atoms with Crippen LogP contribution < -0.4 is 10.5 Å². The number of nitrogens with two attached hydrogens (primary N) is 1. The molecule has 1 aromatic rings. The highest BCUT2D eigenvalue weighted by Gasteiger charge is 2.36. The Morgan fingerprint density at radius 1 is 1.42 bits per heavy atom. The Morgan fingerprint density at radius 3 is 2.58 bits per heavy atom. The van der Waals surface area contributed by atoms with Crippen molar-refractivity contribution in [3.63, 3.8) is 0 Å². The number of nitrogens with zero attached hydrogens (tertiary/aromatic N) is 1. The first-order valence-corrected chi connectivity index (χ1v) is 7.40. The van der Waals surface area contributed by atoms with E-state index < -0.39 is 16.1 Å². The Labute approximate surface area is 112 Å². The summed E-state index contributed by atoms with van der Waals surface area (Å²) < 4.78 is 31.3. The average Bonchev–Trinajstić information content (AvgIpc) is 2.89. The Morgan fingerprint density at radius 2 is 2.05 bits per heavy atom. The van der Waals surface area contributed by atoms with Gasteiger partial charge in [0.1, 0.15) is 11.6 Å². The zero-order valence-electron chi connectivity index (χ0n) is 10.7. The molecule has 1 heterocycles. The van der Waals surface area contributed by atoms with Gasteiger partial charge in [-0.1, -0.05) is 0 Å². The van der Waals surface area contributed by atoms with E-state index in [-0.39, 0.29) is 10.7 Å². The van der Waals surface area contributed by atoms with Crippen molar-refractivity contribution in [3.8, 4) is 5.75 Å². The molecule has 2 rings (SSSR count). The fraction of sp³-hybridized carbons (Fsp3) is 0.417. The van der Waals surface area contributed by atoms with Crippen LogP contribution in [0.25, 0.3) is 0 Å². The van der Waals surface area contributed by atoms with Crippen LogP contribution >= 0.6 is 0 Å². The molecule has 104 valence electrons. The number of hydrogen-bond acceptors (Lipinski definition) is 4. The Bertz CT molecular complexity index is 568. The number of ether oxygens (including phenoxy) is 1. The molecule has 7 heteroatoms. The topological polar surface area (TPSA) is 96.5 Å². The van der Waals surface area contributed by atoms with E-state index in [0.29, 0.717) is 18.7 Å². The minimum atomic E-state index is -3.60. The van der Waals surface area contributed by atoms with E-state index in [1.54, 1.807) is 12.1 Å². The van der Waals surface area contributed by atoms with Crippen molar-refractivity contribution >= 4 is 15.9 Å². The molecular weight excluding hydrogens is 266 g/mol. The lowest BCUT2D eigenvalue weighted by molar-refractivity contribution is 0.414. The summed E-state index contributed by atoms with van der Waals surface area (Å²) in [5.74, 6) is 0.498. The standard InChI is InChI=1S/C12H17N3O3S/c1-18-9-4-6-10(7-5-9)19(16,17)15-8-2-3-11(15)12(13)14/h4-7,11H,2-3,8H2,1H3,(H3,13,14). The fourth-order valence-electron chi connectivity index (χ4n) is 2.22. The van der Waals surface area contributed by atoms with E-state index in [4.69, 9.17) is 15.9 Å². The van der Waals surface area contributed by atoms with Crippen LogP contribution in [-0.2, 0) is 10.0 Å². The van der Waals surface area contributed by atoms with Crippen molar-refractivity contribution in [1.82, 2.24) is 4.31 Å². The van der Waals surface area contributed by atoms with Gasteiger partial charge in [-0.3, -0.25) is 5.41 Å². The molecule has 1 unspecified atom stereocenters. The van der Waals surface area contributed by atoms with Crippen molar-refractivity contribution < 1.29 is 13.2 Å². The third-order valence-electron chi connectivity index (χ3n) is 3.23. The second kappa shape index (κ2) is 5.18. The number of benzene rings is 1. The molecule has 0 spiro atoms. The molecule has 0 aliphatic carbocycles. The van der Waals surface area contributed by atoms with Gasteiger partial charge in [0.2, 0.25) is 10.0 Å². The average molecular weight is 283 g/mol. The maximum absolute atomic E-state index is 12.5. The highest BCUT2D eigenvalue weighted by molar-refractivity contribution is 7.89. The van der Waals surface area contributed by atoms with Gasteiger partial charge in [0.15, 0.2) is 0 Å². The highest BCUT2D eigenvalue weighted by atomic mass is 32.2. The van der Waals surface area contributed by atoms with Crippen LogP contribution in [0.3, 0.4) is 0 Å². The van der Waals surface area contributed by atoms with Gasteiger partial charge < -0.3 is 10.5 Å². The Hall–Kier alpha value is -1.60. The van der Waals surface area contributed by atoms with Crippen molar-refractivity contribution in [2.24, 2.45) is 5.73 Å². The molecule has 19 heavy (non-hydrogen) atoms. The Kier molecular flexibility index (Phi) is 3.77. The summed E-state index contributed by atoms with van der Waals surface area (Å²) in [5, 5.41) is 7.48. The fourth-order valence-corrected chi connectivity index (χ4v) is 3.90. The third-order valence-corrected chi connectivity index (χ3v) is 5.15. The normalized spacial score (nSPS) is 20.4. The van der Waals surface area contributed by atoms with E-state index in [1.165, 1.54) is 23.5 Å². The van der Waals surface area contributed by atoms with E-state index >= 15 is 0 Å². The molecule has 1 saturated heterocycles. The summed E-state index contributed by atoms with van der Waals surface area (Å²) in [5.41, 5.74) is 5.47. The summed E-state index contributed by atoms with van der Waals surface area (Å²) in [6, 6.07) is 5.69. The minimum Gasteiger partial charge on any atom is -0.497 e. The molecule has 0 bridgehead atoms. The lowest BCUT2D eigenvalue weighted by atomic mass is 10.2. The number of amidine groups is 1. The van der Waals surface area contributed by atoms with Gasteiger partial charge in [0, 0.05) is 6.54 Å². The molecule has 1 fully saturated rings. The highest BCUT2D eigenvalue weighted by Crippen LogP contribution is 2.26. The first-order chi connectivity index (χ1) is 8.96.